The number of methoxy groups -OCH3 is 1. The lowest BCUT2D eigenvalue weighted by molar-refractivity contribution is 0.202. The minimum absolute atomic E-state index is 0.0578. The van der Waals surface area contributed by atoms with Crippen LogP contribution in [0.15, 0.2) is 11.2 Å². The van der Waals surface area contributed by atoms with Crippen molar-refractivity contribution in [3.63, 3.8) is 0 Å². The Bertz CT molecular complexity index is 351. The summed E-state index contributed by atoms with van der Waals surface area (Å²) in [6.45, 7) is 1.77. The van der Waals surface area contributed by atoms with Crippen LogP contribution in [0.2, 0.25) is 0 Å². The predicted molar refractivity (Wildman–Crippen MR) is 69.4 cm³/mol. The number of aliphatic hydroxyl groups excluding tert-OH is 1. The van der Waals surface area contributed by atoms with Crippen molar-refractivity contribution in [1.29, 1.82) is 0 Å². The first-order chi connectivity index (χ1) is 8.21. The molecule has 1 rings (SSSR count). The molecule has 0 fully saturated rings. The molecule has 0 aromatic carbocycles. The maximum atomic E-state index is 9.03. The van der Waals surface area contributed by atoms with Gasteiger partial charge in [-0.15, -0.1) is 0 Å². The second kappa shape index (κ2) is 7.31. The molecule has 1 aromatic rings. The summed E-state index contributed by atoms with van der Waals surface area (Å²) in [5, 5.41) is 9.66. The fraction of sp³-hybridized carbons (Fsp3) is 0.600. The maximum Gasteiger partial charge on any atom is 0.191 e. The molecule has 3 N–H and O–H groups in total. The van der Waals surface area contributed by atoms with Gasteiger partial charge in [0.15, 0.2) is 5.16 Å². The first kappa shape index (κ1) is 14.0. The SMILES string of the molecule is COCCN(CCO)c1cc(N)nc(SC)n1. The fourth-order valence-electron chi connectivity index (χ4n) is 1.35. The smallest absolute Gasteiger partial charge is 0.191 e. The van der Waals surface area contributed by atoms with Gasteiger partial charge in [-0.25, -0.2) is 9.97 Å². The van der Waals surface area contributed by atoms with Crippen LogP contribution in [0, 0.1) is 0 Å². The lowest BCUT2D eigenvalue weighted by Gasteiger charge is -2.22. The van der Waals surface area contributed by atoms with Gasteiger partial charge in [0.1, 0.15) is 11.6 Å². The van der Waals surface area contributed by atoms with Crippen molar-refractivity contribution in [2.45, 2.75) is 5.16 Å². The lowest BCUT2D eigenvalue weighted by atomic mass is 10.4. The Balaban J connectivity index is 2.87. The van der Waals surface area contributed by atoms with Crippen LogP contribution in [0.1, 0.15) is 0 Å². The maximum absolute atomic E-state index is 9.03. The zero-order valence-electron chi connectivity index (χ0n) is 10.1. The highest BCUT2D eigenvalue weighted by atomic mass is 32.2. The first-order valence-corrected chi connectivity index (χ1v) is 6.47. The molecule has 1 aromatic heterocycles. The van der Waals surface area contributed by atoms with Crippen molar-refractivity contribution >= 4 is 23.4 Å². The molecule has 1 heterocycles. The van der Waals surface area contributed by atoms with Crippen molar-refractivity contribution in [3.8, 4) is 0 Å². The third kappa shape index (κ3) is 4.37. The topological polar surface area (TPSA) is 84.5 Å². The van der Waals surface area contributed by atoms with E-state index in [9.17, 15) is 0 Å². The highest BCUT2D eigenvalue weighted by Crippen LogP contribution is 2.18. The van der Waals surface area contributed by atoms with Crippen LogP contribution < -0.4 is 10.6 Å². The third-order valence-electron chi connectivity index (χ3n) is 2.15. The molecule has 17 heavy (non-hydrogen) atoms. The minimum Gasteiger partial charge on any atom is -0.395 e. The van der Waals surface area contributed by atoms with E-state index in [0.717, 1.165) is 0 Å². The van der Waals surface area contributed by atoms with Crippen molar-refractivity contribution in [1.82, 2.24) is 9.97 Å². The number of hydrogen-bond acceptors (Lipinski definition) is 7. The van der Waals surface area contributed by atoms with Gasteiger partial charge in [0.25, 0.3) is 0 Å². The lowest BCUT2D eigenvalue weighted by Crippen LogP contribution is -2.31. The molecule has 0 atom stereocenters. The van der Waals surface area contributed by atoms with Gasteiger partial charge in [0.05, 0.1) is 13.2 Å². The molecule has 0 aliphatic rings. The molecule has 96 valence electrons. The second-order valence-electron chi connectivity index (χ2n) is 3.34. The summed E-state index contributed by atoms with van der Waals surface area (Å²) in [6.07, 6.45) is 1.89. The van der Waals surface area contributed by atoms with Gasteiger partial charge in [-0.05, 0) is 6.26 Å². The number of thioether (sulfide) groups is 1. The second-order valence-corrected chi connectivity index (χ2v) is 4.11. The average molecular weight is 258 g/mol. The van der Waals surface area contributed by atoms with E-state index in [1.165, 1.54) is 11.8 Å². The molecule has 0 aliphatic carbocycles. The molecule has 0 saturated carbocycles. The van der Waals surface area contributed by atoms with Crippen LogP contribution in [-0.4, -0.2) is 54.7 Å². The van der Waals surface area contributed by atoms with Crippen molar-refractivity contribution in [3.05, 3.63) is 6.07 Å². The fourth-order valence-corrected chi connectivity index (χ4v) is 1.73. The molecule has 0 aliphatic heterocycles. The molecule has 0 radical (unpaired) electrons. The standard InChI is InChI=1S/C10H18N4O2S/c1-16-6-4-14(3-5-15)9-7-8(11)12-10(13-9)17-2/h7,15H,3-6H2,1-2H3,(H2,11,12,13). The van der Waals surface area contributed by atoms with Gasteiger partial charge < -0.3 is 20.5 Å². The van der Waals surface area contributed by atoms with E-state index in [1.807, 2.05) is 11.2 Å². The number of hydrogen-bond donors (Lipinski definition) is 2. The van der Waals surface area contributed by atoms with E-state index >= 15 is 0 Å². The van der Waals surface area contributed by atoms with Crippen LogP contribution in [-0.2, 0) is 4.74 Å². The first-order valence-electron chi connectivity index (χ1n) is 5.24. The molecule has 6 nitrogen and oxygen atoms in total. The Hall–Kier alpha value is -1.05. The summed E-state index contributed by atoms with van der Waals surface area (Å²) >= 11 is 1.43. The minimum atomic E-state index is 0.0578. The van der Waals surface area contributed by atoms with E-state index in [1.54, 1.807) is 13.2 Å². The number of aromatic nitrogens is 2. The number of nitrogens with two attached hydrogens (primary N) is 1. The summed E-state index contributed by atoms with van der Waals surface area (Å²) in [7, 11) is 1.64. The molecular weight excluding hydrogens is 240 g/mol. The van der Waals surface area contributed by atoms with Crippen LogP contribution in [0.5, 0.6) is 0 Å². The zero-order valence-corrected chi connectivity index (χ0v) is 10.9. The molecule has 7 heteroatoms. The Kier molecular flexibility index (Phi) is 6.03. The average Bonchev–Trinajstić information content (AvgIpc) is 2.33. The predicted octanol–water partition coefficient (Wildman–Crippen LogP) is 0.226. The van der Waals surface area contributed by atoms with Crippen LogP contribution in [0.25, 0.3) is 0 Å². The Morgan fingerprint density at radius 2 is 2.24 bits per heavy atom. The Morgan fingerprint density at radius 1 is 1.47 bits per heavy atom. The van der Waals surface area contributed by atoms with Gasteiger partial charge in [-0.1, -0.05) is 11.8 Å². The van der Waals surface area contributed by atoms with E-state index in [4.69, 9.17) is 15.6 Å². The van der Waals surface area contributed by atoms with E-state index in [-0.39, 0.29) is 6.61 Å². The molecule has 0 unspecified atom stereocenters. The summed E-state index contributed by atoms with van der Waals surface area (Å²) in [5.41, 5.74) is 5.71. The zero-order chi connectivity index (χ0) is 12.7. The monoisotopic (exact) mass is 258 g/mol. The van der Waals surface area contributed by atoms with Gasteiger partial charge in [0, 0.05) is 26.3 Å². The summed E-state index contributed by atoms with van der Waals surface area (Å²) in [5.74, 6) is 1.15. The van der Waals surface area contributed by atoms with Crippen molar-refractivity contribution in [2.24, 2.45) is 0 Å². The van der Waals surface area contributed by atoms with Crippen LogP contribution >= 0.6 is 11.8 Å². The third-order valence-corrected chi connectivity index (χ3v) is 2.70. The number of aliphatic hydroxyl groups is 1. The van der Waals surface area contributed by atoms with Crippen LogP contribution in [0.3, 0.4) is 0 Å². The molecular formula is C10H18N4O2S. The van der Waals surface area contributed by atoms with E-state index < -0.39 is 0 Å². The molecule has 0 saturated heterocycles. The van der Waals surface area contributed by atoms with Crippen molar-refractivity contribution < 1.29 is 9.84 Å². The number of rotatable bonds is 7. The van der Waals surface area contributed by atoms with Gasteiger partial charge in [-0.2, -0.15) is 0 Å². The quantitative estimate of drug-likeness (QED) is 0.535. The summed E-state index contributed by atoms with van der Waals surface area (Å²) in [6, 6.07) is 1.70. The Labute approximate surface area is 105 Å². The highest BCUT2D eigenvalue weighted by molar-refractivity contribution is 7.98. The number of ether oxygens (including phenoxy) is 1. The van der Waals surface area contributed by atoms with Gasteiger partial charge in [-0.3, -0.25) is 0 Å². The number of nitrogens with zero attached hydrogens (tertiary/aromatic N) is 3. The van der Waals surface area contributed by atoms with E-state index in [0.29, 0.717) is 36.5 Å². The highest BCUT2D eigenvalue weighted by Gasteiger charge is 2.10. The largest absolute Gasteiger partial charge is 0.395 e. The van der Waals surface area contributed by atoms with Gasteiger partial charge >= 0.3 is 0 Å². The Morgan fingerprint density at radius 3 is 2.82 bits per heavy atom. The molecule has 0 spiro atoms. The normalized spacial score (nSPS) is 10.5. The number of anilines is 2. The number of nitrogen functional groups attached to an aromatic ring is 1. The summed E-state index contributed by atoms with van der Waals surface area (Å²) in [4.78, 5) is 10.4. The van der Waals surface area contributed by atoms with E-state index in [2.05, 4.69) is 9.97 Å². The van der Waals surface area contributed by atoms with Crippen molar-refractivity contribution in [2.75, 3.05) is 50.3 Å². The van der Waals surface area contributed by atoms with Crippen LogP contribution in [0.4, 0.5) is 11.6 Å². The summed E-state index contributed by atoms with van der Waals surface area (Å²) < 4.78 is 5.02. The molecule has 0 amide bonds. The molecule has 0 bridgehead atoms. The van der Waals surface area contributed by atoms with Gasteiger partial charge in [0.2, 0.25) is 0 Å².